The Hall–Kier alpha value is -4.44. The Balaban J connectivity index is 1.49. The summed E-state index contributed by atoms with van der Waals surface area (Å²) in [5.41, 5.74) is 0.830. The molecule has 0 saturated heterocycles. The van der Waals surface area contributed by atoms with Crippen LogP contribution in [-0.2, 0) is 15.8 Å². The lowest BCUT2D eigenvalue weighted by molar-refractivity contribution is -0.138. The lowest BCUT2D eigenvalue weighted by atomic mass is 10.1. The third-order valence-corrected chi connectivity index (χ3v) is 5.12. The van der Waals surface area contributed by atoms with E-state index in [4.69, 9.17) is 9.47 Å². The van der Waals surface area contributed by atoms with Gasteiger partial charge in [0.2, 0.25) is 16.0 Å². The van der Waals surface area contributed by atoms with E-state index in [1.807, 2.05) is 0 Å². The van der Waals surface area contributed by atoms with Gasteiger partial charge in [-0.05, 0) is 48.0 Å². The van der Waals surface area contributed by atoms with Gasteiger partial charge < -0.3 is 14.8 Å². The maximum Gasteiger partial charge on any atom is 0.445 e. The van der Waals surface area contributed by atoms with Crippen molar-refractivity contribution >= 4 is 40.0 Å². The number of alkyl halides is 3. The highest BCUT2D eigenvalue weighted by Gasteiger charge is 2.35. The molecule has 0 unspecified atom stereocenters. The zero-order valence-electron chi connectivity index (χ0n) is 18.6. The lowest BCUT2D eigenvalue weighted by Crippen LogP contribution is -2.13. The van der Waals surface area contributed by atoms with Crippen molar-refractivity contribution in [2.24, 2.45) is 0 Å². The van der Waals surface area contributed by atoms with Gasteiger partial charge in [0.25, 0.3) is 5.91 Å². The quantitative estimate of drug-likeness (QED) is 0.243. The Kier molecular flexibility index (Phi) is 8.58. The van der Waals surface area contributed by atoms with Crippen molar-refractivity contribution in [2.75, 3.05) is 23.8 Å². The maximum absolute atomic E-state index is 12.6. The van der Waals surface area contributed by atoms with Crippen molar-refractivity contribution < 1.29 is 32.2 Å². The normalized spacial score (nSPS) is 11.4. The first-order chi connectivity index (χ1) is 17.1. The fraction of sp³-hybridized carbons (Fsp3) is 0.174. The Bertz CT molecular complexity index is 1280. The van der Waals surface area contributed by atoms with E-state index < -0.39 is 17.1 Å². The molecule has 0 saturated carbocycles. The Morgan fingerprint density at radius 3 is 2.08 bits per heavy atom. The van der Waals surface area contributed by atoms with Crippen molar-refractivity contribution in [1.82, 2.24) is 10.2 Å². The van der Waals surface area contributed by atoms with Gasteiger partial charge in [0, 0.05) is 12.6 Å². The topological polar surface area (TPSA) is 126 Å². The fourth-order valence-electron chi connectivity index (χ4n) is 2.69. The molecule has 186 valence electrons. The highest BCUT2D eigenvalue weighted by Crippen LogP contribution is 2.33. The summed E-state index contributed by atoms with van der Waals surface area (Å²) in [6.07, 6.45) is -3.40. The molecule has 9 nitrogen and oxygen atoms in total. The fourth-order valence-corrected chi connectivity index (χ4v) is 3.29. The van der Waals surface area contributed by atoms with Crippen LogP contribution in [0.15, 0.2) is 54.1 Å². The van der Waals surface area contributed by atoms with Gasteiger partial charge in [-0.25, -0.2) is 0 Å². The number of hydrogen-bond acceptors (Lipinski definition) is 8. The van der Waals surface area contributed by atoms with Gasteiger partial charge in [-0.2, -0.15) is 18.4 Å². The van der Waals surface area contributed by atoms with E-state index in [0.717, 1.165) is 0 Å². The number of carbonyl (C=O) groups excluding carboxylic acids is 2. The number of halogens is 3. The minimum Gasteiger partial charge on any atom is -0.490 e. The number of nitriles is 1. The minimum absolute atomic E-state index is 0.157. The van der Waals surface area contributed by atoms with E-state index in [0.29, 0.717) is 22.7 Å². The molecule has 2 aromatic carbocycles. The maximum atomic E-state index is 12.6. The molecule has 1 heterocycles. The van der Waals surface area contributed by atoms with E-state index in [-0.39, 0.29) is 41.2 Å². The molecule has 0 atom stereocenters. The second kappa shape index (κ2) is 11.8. The first kappa shape index (κ1) is 26.2. The molecular formula is C23H18F3N5O4S. The number of carbonyl (C=O) groups is 2. The summed E-state index contributed by atoms with van der Waals surface area (Å²) in [5, 5.41) is 18.7. The minimum atomic E-state index is -4.68. The molecule has 1 aromatic heterocycles. The molecule has 13 heteroatoms. The summed E-state index contributed by atoms with van der Waals surface area (Å²) in [6, 6.07) is 15.0. The number of hydrogen-bond donors (Lipinski definition) is 2. The van der Waals surface area contributed by atoms with Gasteiger partial charge in [-0.15, -0.1) is 10.2 Å². The summed E-state index contributed by atoms with van der Waals surface area (Å²) in [7, 11) is 0. The Labute approximate surface area is 207 Å². The summed E-state index contributed by atoms with van der Waals surface area (Å²) in [6.45, 7) is 1.93. The van der Waals surface area contributed by atoms with Gasteiger partial charge in [-0.1, -0.05) is 23.5 Å². The van der Waals surface area contributed by atoms with Crippen LogP contribution in [0.25, 0.3) is 6.08 Å². The van der Waals surface area contributed by atoms with Crippen LogP contribution in [0.2, 0.25) is 0 Å². The van der Waals surface area contributed by atoms with Gasteiger partial charge in [0.1, 0.15) is 36.4 Å². The molecule has 0 bridgehead atoms. The monoisotopic (exact) mass is 517 g/mol. The highest BCUT2D eigenvalue weighted by molar-refractivity contribution is 7.15. The van der Waals surface area contributed by atoms with Gasteiger partial charge >= 0.3 is 6.18 Å². The number of ether oxygens (including phenoxy) is 2. The molecule has 0 aliphatic carbocycles. The predicted octanol–water partition coefficient (Wildman–Crippen LogP) is 4.52. The number of anilines is 2. The third kappa shape index (κ3) is 7.81. The Morgan fingerprint density at radius 1 is 1.00 bits per heavy atom. The first-order valence-corrected chi connectivity index (χ1v) is 11.0. The molecule has 0 aliphatic rings. The van der Waals surface area contributed by atoms with Crippen molar-refractivity contribution in [3.63, 3.8) is 0 Å². The van der Waals surface area contributed by atoms with Crippen LogP contribution < -0.4 is 20.1 Å². The number of aromatic nitrogens is 2. The number of benzene rings is 2. The van der Waals surface area contributed by atoms with Gasteiger partial charge in [0.05, 0.1) is 0 Å². The molecule has 3 aromatic rings. The molecular weight excluding hydrogens is 499 g/mol. The summed E-state index contributed by atoms with van der Waals surface area (Å²) in [5.74, 6) is 0.0544. The molecule has 0 spiro atoms. The van der Waals surface area contributed by atoms with Crippen LogP contribution in [-0.4, -0.2) is 35.2 Å². The third-order valence-electron chi connectivity index (χ3n) is 4.24. The van der Waals surface area contributed by atoms with E-state index >= 15 is 0 Å². The second-order valence-corrected chi connectivity index (χ2v) is 7.98. The zero-order valence-corrected chi connectivity index (χ0v) is 19.4. The van der Waals surface area contributed by atoms with Crippen LogP contribution in [0.5, 0.6) is 11.5 Å². The van der Waals surface area contributed by atoms with Crippen molar-refractivity contribution in [3.8, 4) is 17.6 Å². The standard InChI is InChI=1S/C23H18F3N5O4S/c1-14(32)28-17-4-8-19(9-5-17)35-11-10-34-18-6-2-15(3-7-18)12-16(13-27)20(33)29-22-31-30-21(36-22)23(24,25)26/h2-9,12H,10-11H2,1H3,(H,28,32)(H,29,31,33). The molecule has 3 rings (SSSR count). The molecule has 2 N–H and O–H groups in total. The van der Waals surface area contributed by atoms with Gasteiger partial charge in [0.15, 0.2) is 0 Å². The number of nitrogens with zero attached hydrogens (tertiary/aromatic N) is 3. The smallest absolute Gasteiger partial charge is 0.445 e. The van der Waals surface area contributed by atoms with E-state index in [9.17, 15) is 28.0 Å². The molecule has 2 amide bonds. The number of rotatable bonds is 9. The summed E-state index contributed by atoms with van der Waals surface area (Å²) >= 11 is 0.157. The van der Waals surface area contributed by atoms with Crippen LogP contribution in [0.3, 0.4) is 0 Å². The zero-order chi connectivity index (χ0) is 26.1. The van der Waals surface area contributed by atoms with E-state index in [1.54, 1.807) is 54.6 Å². The SMILES string of the molecule is CC(=O)Nc1ccc(OCCOc2ccc(C=C(C#N)C(=O)Nc3nnc(C(F)(F)F)s3)cc2)cc1. The van der Waals surface area contributed by atoms with Crippen molar-refractivity contribution in [2.45, 2.75) is 13.1 Å². The van der Waals surface area contributed by atoms with E-state index in [2.05, 4.69) is 20.8 Å². The van der Waals surface area contributed by atoms with Gasteiger partial charge in [-0.3, -0.25) is 14.9 Å². The van der Waals surface area contributed by atoms with E-state index in [1.165, 1.54) is 13.0 Å². The molecule has 36 heavy (non-hydrogen) atoms. The first-order valence-electron chi connectivity index (χ1n) is 10.2. The van der Waals surface area contributed by atoms with Crippen LogP contribution in [0, 0.1) is 11.3 Å². The van der Waals surface area contributed by atoms with Crippen molar-refractivity contribution in [3.05, 3.63) is 64.7 Å². The van der Waals surface area contributed by atoms with Crippen LogP contribution in [0.4, 0.5) is 24.0 Å². The average Bonchev–Trinajstić information content (AvgIpc) is 3.31. The second-order valence-electron chi connectivity index (χ2n) is 7.01. The number of amides is 2. The number of nitrogens with one attached hydrogen (secondary N) is 2. The van der Waals surface area contributed by atoms with Crippen LogP contribution in [0.1, 0.15) is 17.5 Å². The molecule has 0 fully saturated rings. The van der Waals surface area contributed by atoms with Crippen LogP contribution >= 0.6 is 11.3 Å². The predicted molar refractivity (Wildman–Crippen MR) is 125 cm³/mol. The molecule has 0 aliphatic heterocycles. The lowest BCUT2D eigenvalue weighted by Gasteiger charge is -2.09. The largest absolute Gasteiger partial charge is 0.490 e. The average molecular weight is 517 g/mol. The van der Waals surface area contributed by atoms with Crippen molar-refractivity contribution in [1.29, 1.82) is 5.26 Å². The summed E-state index contributed by atoms with van der Waals surface area (Å²) < 4.78 is 49.0. The Morgan fingerprint density at radius 2 is 1.58 bits per heavy atom. The molecule has 0 radical (unpaired) electrons. The summed E-state index contributed by atoms with van der Waals surface area (Å²) in [4.78, 5) is 23.3. The highest BCUT2D eigenvalue weighted by atomic mass is 32.1.